The monoisotopic (exact) mass is 222 g/mol. The van der Waals surface area contributed by atoms with Gasteiger partial charge >= 0.3 is 0 Å². The molecule has 0 bridgehead atoms. The van der Waals surface area contributed by atoms with Gasteiger partial charge < -0.3 is 4.98 Å². The molecule has 0 saturated heterocycles. The number of hydrogen-bond acceptors (Lipinski definition) is 1. The number of alkyl halides is 1. The largest absolute Gasteiger partial charge is 0.341 e. The first-order valence-electron chi connectivity index (χ1n) is 5.29. The number of imidazole rings is 1. The van der Waals surface area contributed by atoms with E-state index in [-0.39, 0.29) is 0 Å². The third-order valence-electron chi connectivity index (χ3n) is 2.67. The van der Waals surface area contributed by atoms with Crippen molar-refractivity contribution in [2.45, 2.75) is 32.6 Å². The number of fused-ring (bicyclic) bond motifs is 1. The zero-order chi connectivity index (χ0) is 10.8. The summed E-state index contributed by atoms with van der Waals surface area (Å²) in [5.41, 5.74) is 4.85. The Bertz CT molecular complexity index is 474. The predicted molar refractivity (Wildman–Crippen MR) is 64.4 cm³/mol. The number of hydrogen-bond donors (Lipinski definition) is 1. The molecule has 80 valence electrons. The van der Waals surface area contributed by atoms with Crippen molar-refractivity contribution in [1.82, 2.24) is 9.97 Å². The Balaban J connectivity index is 2.63. The lowest BCUT2D eigenvalue weighted by Crippen LogP contribution is -1.90. The molecule has 1 heterocycles. The smallest absolute Gasteiger partial charge is 0.122 e. The highest BCUT2D eigenvalue weighted by atomic mass is 35.5. The van der Waals surface area contributed by atoms with E-state index in [2.05, 4.69) is 35.9 Å². The molecule has 0 radical (unpaired) electrons. The first-order valence-corrected chi connectivity index (χ1v) is 5.82. The summed E-state index contributed by atoms with van der Waals surface area (Å²) in [6.45, 7) is 4.33. The third kappa shape index (κ3) is 1.86. The van der Waals surface area contributed by atoms with Crippen LogP contribution in [0, 0.1) is 6.92 Å². The van der Waals surface area contributed by atoms with Gasteiger partial charge in [-0.25, -0.2) is 4.98 Å². The molecule has 0 aliphatic rings. The SMILES string of the molecule is CCCc1c(C)ccc2[nH]c(CCl)nc12. The Kier molecular flexibility index (Phi) is 2.96. The average Bonchev–Trinajstić information content (AvgIpc) is 2.66. The molecule has 1 N–H and O–H groups in total. The topological polar surface area (TPSA) is 28.7 Å². The normalized spacial score (nSPS) is 11.1. The van der Waals surface area contributed by atoms with E-state index in [4.69, 9.17) is 11.6 Å². The van der Waals surface area contributed by atoms with Crippen molar-refractivity contribution in [2.24, 2.45) is 0 Å². The second-order valence-electron chi connectivity index (χ2n) is 3.82. The number of halogens is 1. The Morgan fingerprint density at radius 1 is 1.40 bits per heavy atom. The number of aromatic amines is 1. The summed E-state index contributed by atoms with van der Waals surface area (Å²) in [4.78, 5) is 7.75. The molecule has 15 heavy (non-hydrogen) atoms. The summed E-state index contributed by atoms with van der Waals surface area (Å²) in [6, 6.07) is 4.22. The highest BCUT2D eigenvalue weighted by molar-refractivity contribution is 6.16. The fourth-order valence-electron chi connectivity index (χ4n) is 1.91. The summed E-state index contributed by atoms with van der Waals surface area (Å²) in [5, 5.41) is 0. The molecule has 2 aromatic rings. The highest BCUT2D eigenvalue weighted by Gasteiger charge is 2.08. The van der Waals surface area contributed by atoms with Crippen LogP contribution in [-0.2, 0) is 12.3 Å². The van der Waals surface area contributed by atoms with Crippen LogP contribution in [0.4, 0.5) is 0 Å². The molecule has 2 rings (SSSR count). The maximum Gasteiger partial charge on any atom is 0.122 e. The van der Waals surface area contributed by atoms with Crippen molar-refractivity contribution in [3.8, 4) is 0 Å². The van der Waals surface area contributed by atoms with E-state index < -0.39 is 0 Å². The van der Waals surface area contributed by atoms with Crippen LogP contribution in [0.2, 0.25) is 0 Å². The number of nitrogens with zero attached hydrogens (tertiary/aromatic N) is 1. The molecule has 2 nitrogen and oxygen atoms in total. The summed E-state index contributed by atoms with van der Waals surface area (Å²) in [6.07, 6.45) is 2.22. The molecule has 0 aliphatic heterocycles. The van der Waals surface area contributed by atoms with Gasteiger partial charge in [-0.2, -0.15) is 0 Å². The zero-order valence-electron chi connectivity index (χ0n) is 9.10. The van der Waals surface area contributed by atoms with Crippen LogP contribution in [0.25, 0.3) is 11.0 Å². The van der Waals surface area contributed by atoms with Gasteiger partial charge in [0, 0.05) is 0 Å². The van der Waals surface area contributed by atoms with Crippen molar-refractivity contribution in [3.05, 3.63) is 29.1 Å². The first kappa shape index (κ1) is 10.5. The fraction of sp³-hybridized carbons (Fsp3) is 0.417. The lowest BCUT2D eigenvalue weighted by atomic mass is 10.0. The van der Waals surface area contributed by atoms with Crippen molar-refractivity contribution in [3.63, 3.8) is 0 Å². The molecular weight excluding hydrogens is 208 g/mol. The molecule has 0 fully saturated rings. The van der Waals surface area contributed by atoms with Gasteiger partial charge in [0.05, 0.1) is 16.9 Å². The molecule has 0 amide bonds. The van der Waals surface area contributed by atoms with E-state index in [9.17, 15) is 0 Å². The van der Waals surface area contributed by atoms with Gasteiger partial charge in [-0.3, -0.25) is 0 Å². The van der Waals surface area contributed by atoms with Crippen LogP contribution in [0.1, 0.15) is 30.3 Å². The maximum absolute atomic E-state index is 5.77. The van der Waals surface area contributed by atoms with Crippen molar-refractivity contribution in [2.75, 3.05) is 0 Å². The van der Waals surface area contributed by atoms with Crippen LogP contribution in [0.3, 0.4) is 0 Å². The van der Waals surface area contributed by atoms with E-state index in [1.807, 2.05) is 0 Å². The molecule has 0 unspecified atom stereocenters. The second kappa shape index (κ2) is 4.23. The minimum absolute atomic E-state index is 0.444. The Morgan fingerprint density at radius 3 is 2.87 bits per heavy atom. The van der Waals surface area contributed by atoms with Crippen LogP contribution in [0.15, 0.2) is 12.1 Å². The number of benzene rings is 1. The molecule has 1 aromatic carbocycles. The van der Waals surface area contributed by atoms with Crippen molar-refractivity contribution in [1.29, 1.82) is 0 Å². The van der Waals surface area contributed by atoms with E-state index >= 15 is 0 Å². The number of aromatic nitrogens is 2. The number of H-pyrrole nitrogens is 1. The maximum atomic E-state index is 5.77. The van der Waals surface area contributed by atoms with E-state index in [1.54, 1.807) is 0 Å². The quantitative estimate of drug-likeness (QED) is 0.791. The summed E-state index contributed by atoms with van der Waals surface area (Å²) in [7, 11) is 0. The third-order valence-corrected chi connectivity index (χ3v) is 2.92. The molecule has 0 spiro atoms. The van der Waals surface area contributed by atoms with Crippen LogP contribution >= 0.6 is 11.6 Å². The minimum atomic E-state index is 0.444. The number of aryl methyl sites for hydroxylation is 2. The molecule has 0 aliphatic carbocycles. The van der Waals surface area contributed by atoms with Crippen molar-refractivity contribution >= 4 is 22.6 Å². The predicted octanol–water partition coefficient (Wildman–Crippen LogP) is 3.56. The van der Waals surface area contributed by atoms with E-state index in [0.717, 1.165) is 29.7 Å². The highest BCUT2D eigenvalue weighted by Crippen LogP contribution is 2.22. The van der Waals surface area contributed by atoms with Crippen molar-refractivity contribution < 1.29 is 0 Å². The Morgan fingerprint density at radius 2 is 2.20 bits per heavy atom. The summed E-state index contributed by atoms with van der Waals surface area (Å²) < 4.78 is 0. The average molecular weight is 223 g/mol. The molecule has 0 saturated carbocycles. The van der Waals surface area contributed by atoms with Crippen LogP contribution in [-0.4, -0.2) is 9.97 Å². The molecule has 3 heteroatoms. The Hall–Kier alpha value is -1.02. The molecule has 0 atom stereocenters. The number of rotatable bonds is 3. The van der Waals surface area contributed by atoms with Gasteiger partial charge in [0.1, 0.15) is 5.82 Å². The second-order valence-corrected chi connectivity index (χ2v) is 4.09. The Labute approximate surface area is 94.7 Å². The first-order chi connectivity index (χ1) is 7.26. The molecule has 1 aromatic heterocycles. The summed E-state index contributed by atoms with van der Waals surface area (Å²) >= 11 is 5.77. The van der Waals surface area contributed by atoms with Gasteiger partial charge in [-0.15, -0.1) is 11.6 Å². The zero-order valence-corrected chi connectivity index (χ0v) is 9.86. The fourth-order valence-corrected chi connectivity index (χ4v) is 2.04. The van der Waals surface area contributed by atoms with E-state index in [0.29, 0.717) is 5.88 Å². The van der Waals surface area contributed by atoms with E-state index in [1.165, 1.54) is 11.1 Å². The van der Waals surface area contributed by atoms with Crippen LogP contribution in [0.5, 0.6) is 0 Å². The molecular formula is C12H15ClN2. The van der Waals surface area contributed by atoms with Crippen LogP contribution < -0.4 is 0 Å². The standard InChI is InChI=1S/C12H15ClN2/c1-3-4-9-8(2)5-6-10-12(9)15-11(7-13)14-10/h5-6H,3-4,7H2,1-2H3,(H,14,15). The lowest BCUT2D eigenvalue weighted by Gasteiger charge is -2.04. The number of nitrogens with one attached hydrogen (secondary N) is 1. The van der Waals surface area contributed by atoms with Gasteiger partial charge in [-0.05, 0) is 30.5 Å². The summed E-state index contributed by atoms with van der Waals surface area (Å²) in [5.74, 6) is 1.30. The van der Waals surface area contributed by atoms with Gasteiger partial charge in [-0.1, -0.05) is 19.4 Å². The minimum Gasteiger partial charge on any atom is -0.341 e. The van der Waals surface area contributed by atoms with Gasteiger partial charge in [0.25, 0.3) is 0 Å². The van der Waals surface area contributed by atoms with Gasteiger partial charge in [0.15, 0.2) is 0 Å². The van der Waals surface area contributed by atoms with Gasteiger partial charge in [0.2, 0.25) is 0 Å². The lowest BCUT2D eigenvalue weighted by molar-refractivity contribution is 0.918.